The molecule has 0 unspecified atom stereocenters. The van der Waals surface area contributed by atoms with Gasteiger partial charge in [-0.05, 0) is 75.1 Å². The molecule has 0 aliphatic rings. The van der Waals surface area contributed by atoms with Gasteiger partial charge in [-0.1, -0.05) is 79.0 Å². The molecule has 3 aromatic carbocycles. The first kappa shape index (κ1) is 32.4. The lowest BCUT2D eigenvalue weighted by Gasteiger charge is -2.34. The lowest BCUT2D eigenvalue weighted by Crippen LogP contribution is -2.53. The van der Waals surface area contributed by atoms with Crippen LogP contribution in [0.5, 0.6) is 0 Å². The van der Waals surface area contributed by atoms with Crippen molar-refractivity contribution < 1.29 is 18.0 Å². The number of hydrogen-bond donors (Lipinski definition) is 1. The number of sulfonamides is 1. The minimum absolute atomic E-state index is 0.0257. The van der Waals surface area contributed by atoms with E-state index in [2.05, 4.69) is 5.32 Å². The van der Waals surface area contributed by atoms with Crippen molar-refractivity contribution in [3.05, 3.63) is 93.5 Å². The molecule has 3 aromatic rings. The molecular formula is C31H37Cl2N3O4S. The van der Waals surface area contributed by atoms with Crippen molar-refractivity contribution in [1.29, 1.82) is 0 Å². The summed E-state index contributed by atoms with van der Waals surface area (Å²) in [4.78, 5) is 29.0. The number of amides is 2. The molecule has 0 radical (unpaired) electrons. The van der Waals surface area contributed by atoms with Crippen molar-refractivity contribution in [2.24, 2.45) is 0 Å². The van der Waals surface area contributed by atoms with E-state index in [0.717, 1.165) is 16.3 Å². The van der Waals surface area contributed by atoms with E-state index in [9.17, 15) is 18.0 Å². The molecular weight excluding hydrogens is 581 g/mol. The number of carbonyl (C=O) groups excluding carboxylic acids is 2. The van der Waals surface area contributed by atoms with Gasteiger partial charge in [-0.3, -0.25) is 13.9 Å². The maximum Gasteiger partial charge on any atom is 0.264 e. The Balaban J connectivity index is 2.11. The molecule has 0 bridgehead atoms. The number of benzene rings is 3. The maximum atomic E-state index is 14.2. The van der Waals surface area contributed by atoms with Crippen LogP contribution in [0, 0.1) is 13.8 Å². The van der Waals surface area contributed by atoms with Gasteiger partial charge in [-0.15, -0.1) is 0 Å². The number of nitrogens with one attached hydrogen (secondary N) is 1. The Kier molecular flexibility index (Phi) is 11.2. The zero-order valence-corrected chi connectivity index (χ0v) is 26.4. The zero-order valence-electron chi connectivity index (χ0n) is 24.0. The summed E-state index contributed by atoms with van der Waals surface area (Å²) in [5.74, 6) is -0.861. The average Bonchev–Trinajstić information content (AvgIpc) is 2.94. The summed E-state index contributed by atoms with van der Waals surface area (Å²) in [5.41, 5.74) is 2.33. The summed E-state index contributed by atoms with van der Waals surface area (Å²) in [6.45, 7) is 8.71. The van der Waals surface area contributed by atoms with Crippen molar-refractivity contribution >= 4 is 50.7 Å². The highest BCUT2D eigenvalue weighted by atomic mass is 35.5. The van der Waals surface area contributed by atoms with Gasteiger partial charge >= 0.3 is 0 Å². The molecule has 7 nitrogen and oxygen atoms in total. The molecule has 220 valence electrons. The largest absolute Gasteiger partial charge is 0.352 e. The predicted octanol–water partition coefficient (Wildman–Crippen LogP) is 6.53. The molecule has 10 heteroatoms. The first-order valence-electron chi connectivity index (χ1n) is 13.6. The van der Waals surface area contributed by atoms with E-state index in [0.29, 0.717) is 27.6 Å². The third-order valence-corrected chi connectivity index (χ3v) is 9.63. The average molecular weight is 619 g/mol. The minimum atomic E-state index is -4.19. The van der Waals surface area contributed by atoms with Gasteiger partial charge in [-0.2, -0.15) is 0 Å². The Morgan fingerprint density at radius 2 is 1.51 bits per heavy atom. The van der Waals surface area contributed by atoms with E-state index < -0.39 is 28.5 Å². The fourth-order valence-electron chi connectivity index (χ4n) is 4.39. The number of hydrogen-bond acceptors (Lipinski definition) is 4. The van der Waals surface area contributed by atoms with Crippen molar-refractivity contribution in [3.63, 3.8) is 0 Å². The van der Waals surface area contributed by atoms with Gasteiger partial charge in [0, 0.05) is 22.6 Å². The van der Waals surface area contributed by atoms with Crippen LogP contribution in [0.25, 0.3) is 0 Å². The molecule has 0 aliphatic heterocycles. The Bertz CT molecular complexity index is 1480. The Morgan fingerprint density at radius 1 is 0.878 bits per heavy atom. The molecule has 41 heavy (non-hydrogen) atoms. The van der Waals surface area contributed by atoms with Gasteiger partial charge < -0.3 is 10.2 Å². The molecule has 0 saturated carbocycles. The maximum absolute atomic E-state index is 14.2. The van der Waals surface area contributed by atoms with Crippen molar-refractivity contribution in [2.75, 3.05) is 10.8 Å². The highest BCUT2D eigenvalue weighted by molar-refractivity contribution is 7.92. The minimum Gasteiger partial charge on any atom is -0.352 e. The van der Waals surface area contributed by atoms with E-state index in [-0.39, 0.29) is 29.1 Å². The molecule has 2 atom stereocenters. The van der Waals surface area contributed by atoms with Crippen LogP contribution in [0.15, 0.2) is 71.6 Å². The normalized spacial score (nSPS) is 12.9. The molecule has 0 heterocycles. The van der Waals surface area contributed by atoms with E-state index in [4.69, 9.17) is 23.2 Å². The molecule has 0 spiro atoms. The summed E-state index contributed by atoms with van der Waals surface area (Å²) in [5, 5.41) is 3.77. The van der Waals surface area contributed by atoms with Gasteiger partial charge in [0.05, 0.1) is 10.6 Å². The number of nitrogens with zero attached hydrogens (tertiary/aromatic N) is 2. The summed E-state index contributed by atoms with van der Waals surface area (Å²) in [7, 11) is -4.19. The fourth-order valence-corrected chi connectivity index (χ4v) is 6.22. The van der Waals surface area contributed by atoms with Crippen molar-refractivity contribution in [2.45, 2.75) is 71.0 Å². The smallest absolute Gasteiger partial charge is 0.264 e. The summed E-state index contributed by atoms with van der Waals surface area (Å²) in [6.07, 6.45) is 1.04. The Labute approximate surface area is 253 Å². The third-order valence-electron chi connectivity index (χ3n) is 7.08. The van der Waals surface area contributed by atoms with E-state index in [1.807, 2.05) is 27.7 Å². The summed E-state index contributed by atoms with van der Waals surface area (Å²) in [6, 6.07) is 17.5. The quantitative estimate of drug-likeness (QED) is 0.250. The van der Waals surface area contributed by atoms with Gasteiger partial charge in [0.2, 0.25) is 11.8 Å². The number of halogens is 2. The SMILES string of the molecule is CC[C@@H](C)NC(=O)[C@H](CC)N(Cc1ccccc1Cl)C(=O)CN(c1cccc(Cl)c1C)S(=O)(=O)c1ccc(C)cc1. The molecule has 0 aromatic heterocycles. The molecule has 0 aliphatic carbocycles. The second-order valence-corrected chi connectivity index (χ2v) is 12.7. The van der Waals surface area contributed by atoms with Crippen LogP contribution in [0.2, 0.25) is 10.0 Å². The number of anilines is 1. The first-order chi connectivity index (χ1) is 19.4. The lowest BCUT2D eigenvalue weighted by atomic mass is 10.1. The number of carbonyl (C=O) groups is 2. The standard InChI is InChI=1S/C31H37Cl2N3O4S/c1-6-22(4)34-31(38)28(7-2)35(19-24-11-8-9-12-27(24)33)30(37)20-36(29-14-10-13-26(32)23(29)5)41(39,40)25-17-15-21(3)16-18-25/h8-18,22,28H,6-7,19-20H2,1-5H3,(H,34,38)/t22-,28+/m1/s1. The van der Waals surface area contributed by atoms with Crippen LogP contribution in [0.4, 0.5) is 5.69 Å². The zero-order chi connectivity index (χ0) is 30.3. The van der Waals surface area contributed by atoms with Gasteiger partial charge in [0.15, 0.2) is 0 Å². The highest BCUT2D eigenvalue weighted by Crippen LogP contribution is 2.31. The third kappa shape index (κ3) is 7.82. The molecule has 3 rings (SSSR count). The second-order valence-electron chi connectivity index (χ2n) is 10.1. The van der Waals surface area contributed by atoms with E-state index >= 15 is 0 Å². The summed E-state index contributed by atoms with van der Waals surface area (Å²) >= 11 is 12.8. The Morgan fingerprint density at radius 3 is 2.12 bits per heavy atom. The van der Waals surface area contributed by atoms with Crippen LogP contribution >= 0.6 is 23.2 Å². The fraction of sp³-hybridized carbons (Fsp3) is 0.355. The topological polar surface area (TPSA) is 86.8 Å². The van der Waals surface area contributed by atoms with Crippen LogP contribution in [-0.4, -0.2) is 43.8 Å². The van der Waals surface area contributed by atoms with Gasteiger partial charge in [-0.25, -0.2) is 8.42 Å². The van der Waals surface area contributed by atoms with E-state index in [1.165, 1.54) is 17.0 Å². The van der Waals surface area contributed by atoms with Crippen LogP contribution in [-0.2, 0) is 26.2 Å². The van der Waals surface area contributed by atoms with Crippen LogP contribution in [0.1, 0.15) is 50.3 Å². The first-order valence-corrected chi connectivity index (χ1v) is 15.8. The number of rotatable bonds is 12. The predicted molar refractivity (Wildman–Crippen MR) is 166 cm³/mol. The monoisotopic (exact) mass is 617 g/mol. The Hall–Kier alpha value is -3.07. The highest BCUT2D eigenvalue weighted by Gasteiger charge is 2.34. The van der Waals surface area contributed by atoms with Crippen molar-refractivity contribution in [1.82, 2.24) is 10.2 Å². The van der Waals surface area contributed by atoms with Crippen molar-refractivity contribution in [3.8, 4) is 0 Å². The van der Waals surface area contributed by atoms with Crippen LogP contribution in [0.3, 0.4) is 0 Å². The summed E-state index contributed by atoms with van der Waals surface area (Å²) < 4.78 is 29.2. The van der Waals surface area contributed by atoms with Gasteiger partial charge in [0.1, 0.15) is 12.6 Å². The second kappa shape index (κ2) is 14.2. The lowest BCUT2D eigenvalue weighted by molar-refractivity contribution is -0.140. The van der Waals surface area contributed by atoms with E-state index in [1.54, 1.807) is 61.5 Å². The van der Waals surface area contributed by atoms with Gasteiger partial charge in [0.25, 0.3) is 10.0 Å². The van der Waals surface area contributed by atoms with Crippen LogP contribution < -0.4 is 9.62 Å². The molecule has 1 N–H and O–H groups in total. The molecule has 2 amide bonds. The molecule has 0 saturated heterocycles. The molecule has 0 fully saturated rings. The number of aryl methyl sites for hydroxylation is 1.